The van der Waals surface area contributed by atoms with Gasteiger partial charge in [0.05, 0.1) is 0 Å². The molecule has 1 heteroatoms. The summed E-state index contributed by atoms with van der Waals surface area (Å²) in [6.45, 7) is 20.2. The van der Waals surface area contributed by atoms with Crippen LogP contribution in [0.15, 0.2) is 144 Å². The molecule has 0 atom stereocenters. The van der Waals surface area contributed by atoms with Crippen molar-refractivity contribution in [1.29, 1.82) is 0 Å². The molecule has 0 nitrogen and oxygen atoms in total. The zero-order chi connectivity index (χ0) is 29.5. The van der Waals surface area contributed by atoms with Gasteiger partial charge in [-0.1, -0.05) is 254 Å². The Morgan fingerprint density at radius 2 is 0.477 bits per heavy atom. The lowest BCUT2D eigenvalue weighted by atomic mass is 10.1. The number of fused-ring (bicyclic) bond motifs is 1. The van der Waals surface area contributed by atoms with Crippen molar-refractivity contribution < 1.29 is 0 Å². The Bertz CT molecular complexity index is 762. The van der Waals surface area contributed by atoms with Gasteiger partial charge in [-0.05, 0) is 21.5 Å². The molecule has 0 saturated carbocycles. The van der Waals surface area contributed by atoms with Crippen molar-refractivity contribution in [2.75, 3.05) is 0 Å². The van der Waals surface area contributed by atoms with Crippen molar-refractivity contribution >= 4 is 22.1 Å². The molecule has 258 valence electrons. The highest BCUT2D eigenvalue weighted by atomic mass is 32.1. The van der Waals surface area contributed by atoms with Crippen molar-refractivity contribution in [3.63, 3.8) is 0 Å². The van der Waals surface area contributed by atoms with E-state index in [4.69, 9.17) is 0 Å². The van der Waals surface area contributed by atoms with Gasteiger partial charge in [-0.15, -0.1) is 0 Å². The second kappa shape index (κ2) is 72.3. The Morgan fingerprint density at radius 3 is 0.591 bits per heavy atom. The molecule has 0 aliphatic heterocycles. The molecule has 5 rings (SSSR count). The molecule has 0 N–H and O–H groups in total. The molecule has 0 aliphatic carbocycles. The summed E-state index contributed by atoms with van der Waals surface area (Å²) in [6, 6.07) is 44.8. The first kappa shape index (κ1) is 68.2. The van der Waals surface area contributed by atoms with Crippen LogP contribution in [0.1, 0.15) is 120 Å². The zero-order valence-corrected chi connectivity index (χ0v) is 26.8. The molecule has 4 aromatic carbocycles. The molecule has 0 bridgehead atoms. The molecule has 1 heterocycles. The molecule has 44 heavy (non-hydrogen) atoms. The van der Waals surface area contributed by atoms with Crippen LogP contribution in [-0.2, 0) is 0 Å². The predicted molar refractivity (Wildman–Crippen MR) is 223 cm³/mol. The van der Waals surface area contributed by atoms with E-state index in [0.29, 0.717) is 0 Å². The fourth-order valence-electron chi connectivity index (χ4n) is 2.13. The van der Waals surface area contributed by atoms with E-state index in [0.717, 1.165) is 0 Å². The van der Waals surface area contributed by atoms with Crippen LogP contribution in [0.4, 0.5) is 0 Å². The monoisotopic (exact) mass is 629 g/mol. The van der Waals surface area contributed by atoms with Crippen molar-refractivity contribution in [3.05, 3.63) is 144 Å². The summed E-state index contributed by atoms with van der Waals surface area (Å²) in [4.78, 5) is 0. The maximum Gasteiger partial charge on any atom is -0.00934 e. The number of rotatable bonds is 0. The Morgan fingerprint density at radius 1 is 0.318 bits per heavy atom. The van der Waals surface area contributed by atoms with Crippen LogP contribution in [0, 0.1) is 0 Å². The Kier molecular flexibility index (Phi) is 112. The molecule has 5 aromatic rings. The van der Waals surface area contributed by atoms with Crippen LogP contribution in [0.2, 0.25) is 0 Å². The average Bonchev–Trinajstić information content (AvgIpc) is 3.65. The third kappa shape index (κ3) is 54.9. The minimum atomic E-state index is 0. The highest BCUT2D eigenvalue weighted by molar-refractivity contribution is 7.07. The van der Waals surface area contributed by atoms with E-state index in [9.17, 15) is 0 Å². The van der Waals surface area contributed by atoms with Gasteiger partial charge in [0.2, 0.25) is 0 Å². The Hall–Kier alpha value is -3.16. The highest BCUT2D eigenvalue weighted by Gasteiger charge is 1.85. The molecule has 0 amide bonds. The van der Waals surface area contributed by atoms with Crippen LogP contribution in [0.25, 0.3) is 10.8 Å². The lowest BCUT2D eigenvalue weighted by Crippen LogP contribution is -1.67. The van der Waals surface area contributed by atoms with Crippen LogP contribution >= 0.6 is 11.3 Å². The summed E-state index contributed by atoms with van der Waals surface area (Å²) in [5, 5.41) is 6.70. The van der Waals surface area contributed by atoms with Gasteiger partial charge in [-0.3, -0.25) is 0 Å². The summed E-state index contributed by atoms with van der Waals surface area (Å²) in [6.07, 6.45) is 1.25. The second-order valence-corrected chi connectivity index (χ2v) is 6.97. The number of hydrogen-bond donors (Lipinski definition) is 0. The molecule has 1 aromatic heterocycles. The first-order valence-corrected chi connectivity index (χ1v) is 15.2. The maximum absolute atomic E-state index is 2.12. The normalized spacial score (nSPS) is 6.32. The molecular weight excluding hydrogens is 549 g/mol. The van der Waals surface area contributed by atoms with E-state index in [1.54, 1.807) is 11.3 Å². The molecule has 0 spiro atoms. The SMILES string of the molecule is C.C.C.C.C.C.CC.CC.CC.CC.CCC.c1ccc2ccccc2c1.c1ccccc1.c1ccccc1.c1ccsc1. The van der Waals surface area contributed by atoms with Crippen LogP contribution in [0.3, 0.4) is 0 Å². The lowest BCUT2D eigenvalue weighted by molar-refractivity contribution is 1.09. The van der Waals surface area contributed by atoms with Crippen LogP contribution in [0.5, 0.6) is 0 Å². The Balaban J connectivity index is -0.0000000387. The van der Waals surface area contributed by atoms with E-state index < -0.39 is 0 Å². The molecule has 0 saturated heterocycles. The van der Waals surface area contributed by atoms with Crippen molar-refractivity contribution in [2.24, 2.45) is 0 Å². The maximum atomic E-state index is 2.12. The van der Waals surface area contributed by atoms with Crippen molar-refractivity contribution in [1.82, 2.24) is 0 Å². The zero-order valence-electron chi connectivity index (χ0n) is 26.0. The largest absolute Gasteiger partial charge is 0.152 e. The summed E-state index contributed by atoms with van der Waals surface area (Å²) in [5.41, 5.74) is 0. The number of benzene rings is 4. The highest BCUT2D eigenvalue weighted by Crippen LogP contribution is 2.11. The van der Waals surface area contributed by atoms with Gasteiger partial charge < -0.3 is 0 Å². The third-order valence-corrected chi connectivity index (χ3v) is 4.05. The summed E-state index contributed by atoms with van der Waals surface area (Å²) in [7, 11) is 0. The molecule has 0 fully saturated rings. The van der Waals surface area contributed by atoms with E-state index in [1.165, 1.54) is 17.2 Å². The fraction of sp³-hybridized carbons (Fsp3) is 0.395. The van der Waals surface area contributed by atoms with Gasteiger partial charge in [0, 0.05) is 0 Å². The standard InChI is InChI=1S/C10H8.2C6H6.C4H4S.C3H8.4C2H6.6CH4/c1-2-6-10-8-4-3-7-9(10)5-1;2*1-2-4-6-5-3-1;1-2-4-5-3-1;1-3-2;4*1-2;;;;;;/h1-8H;2*1-6H;1-4H;3H2,1-2H3;4*1-2H3;6*1H4. The van der Waals surface area contributed by atoms with Gasteiger partial charge in [0.15, 0.2) is 0 Å². The smallest absolute Gasteiger partial charge is 0.00934 e. The first-order valence-electron chi connectivity index (χ1n) is 14.3. The number of thiophene rings is 1. The van der Waals surface area contributed by atoms with E-state index in [-0.39, 0.29) is 44.6 Å². The molecular formula is C43H80S. The summed E-state index contributed by atoms with van der Waals surface area (Å²) < 4.78 is 0. The van der Waals surface area contributed by atoms with E-state index >= 15 is 0 Å². The van der Waals surface area contributed by atoms with Gasteiger partial charge in [0.25, 0.3) is 0 Å². The predicted octanol–water partition coefficient (Wildman–Crippen LogP) is 17.3. The second-order valence-electron chi connectivity index (χ2n) is 6.16. The Labute approximate surface area is 285 Å². The molecule has 0 radical (unpaired) electrons. The lowest BCUT2D eigenvalue weighted by Gasteiger charge is -1.92. The minimum absolute atomic E-state index is 0. The van der Waals surface area contributed by atoms with Crippen molar-refractivity contribution in [3.8, 4) is 0 Å². The quantitative estimate of drug-likeness (QED) is 0.160. The third-order valence-electron chi connectivity index (χ3n) is 3.42. The van der Waals surface area contributed by atoms with E-state index in [2.05, 4.69) is 62.4 Å². The van der Waals surface area contributed by atoms with E-state index in [1.807, 2.05) is 151 Å². The number of hydrogen-bond acceptors (Lipinski definition) is 1. The molecule has 0 aliphatic rings. The van der Waals surface area contributed by atoms with Crippen molar-refractivity contribution in [2.45, 2.75) is 120 Å². The summed E-state index contributed by atoms with van der Waals surface area (Å²) in [5.74, 6) is 0. The minimum Gasteiger partial charge on any atom is -0.152 e. The van der Waals surface area contributed by atoms with Crippen LogP contribution < -0.4 is 0 Å². The van der Waals surface area contributed by atoms with Gasteiger partial charge in [-0.25, -0.2) is 0 Å². The fourth-order valence-corrected chi connectivity index (χ4v) is 2.58. The van der Waals surface area contributed by atoms with Gasteiger partial charge in [-0.2, -0.15) is 11.3 Å². The molecule has 0 unspecified atom stereocenters. The topological polar surface area (TPSA) is 0 Å². The summed E-state index contributed by atoms with van der Waals surface area (Å²) >= 11 is 1.71. The average molecular weight is 629 g/mol. The van der Waals surface area contributed by atoms with Gasteiger partial charge in [0.1, 0.15) is 0 Å². The van der Waals surface area contributed by atoms with Gasteiger partial charge >= 0.3 is 0 Å². The first-order chi connectivity index (χ1) is 18.9. The van der Waals surface area contributed by atoms with Crippen LogP contribution in [-0.4, -0.2) is 0 Å².